The molecule has 0 unspecified atom stereocenters. The summed E-state index contributed by atoms with van der Waals surface area (Å²) in [7, 11) is 1.67. The van der Waals surface area contributed by atoms with Crippen LogP contribution < -0.4 is 0 Å². The van der Waals surface area contributed by atoms with E-state index in [9.17, 15) is 22.4 Å². The Bertz CT molecular complexity index is 1070. The zero-order chi connectivity index (χ0) is 20.8. The fraction of sp³-hybridized carbons (Fsp3) is 0.318. The number of likely N-dealkylation sites (N-methyl/N-ethyl adjacent to an activating group) is 1. The van der Waals surface area contributed by atoms with Crippen molar-refractivity contribution in [2.75, 3.05) is 7.05 Å². The number of carbonyl (C=O) groups is 1. The third-order valence-corrected chi connectivity index (χ3v) is 5.54. The number of aryl methyl sites for hydroxylation is 1. The van der Waals surface area contributed by atoms with E-state index in [4.69, 9.17) is 0 Å². The molecule has 3 aromatic rings. The van der Waals surface area contributed by atoms with E-state index in [2.05, 4.69) is 10.6 Å². The minimum Gasteiger partial charge on any atom is -0.342 e. The Kier molecular flexibility index (Phi) is 4.84. The highest BCUT2D eigenvalue weighted by Gasteiger charge is 2.34. The molecular weight excluding hydrogens is 384 g/mol. The molecule has 4 rings (SSSR count). The van der Waals surface area contributed by atoms with Crippen LogP contribution in [-0.4, -0.2) is 28.5 Å². The molecule has 0 aliphatic carbocycles. The number of nitrogens with zero attached hydrogens (tertiary/aromatic N) is 2. The molecule has 0 spiro atoms. The topological polar surface area (TPSA) is 25.2 Å². The summed E-state index contributed by atoms with van der Waals surface area (Å²) in [6.07, 6.45) is -3.47. The molecule has 2 aromatic carbocycles. The van der Waals surface area contributed by atoms with Crippen LogP contribution in [0.2, 0.25) is 0 Å². The molecule has 1 radical (unpaired) electrons. The molecule has 1 aromatic heterocycles. The first-order chi connectivity index (χ1) is 13.7. The lowest BCUT2D eigenvalue weighted by molar-refractivity contribution is -0.140. The number of hydrogen-bond donors (Lipinski definition) is 0. The monoisotopic (exact) mass is 403 g/mol. The third kappa shape index (κ3) is 3.73. The first-order valence-electron chi connectivity index (χ1n) is 9.35. The lowest BCUT2D eigenvalue weighted by Crippen LogP contribution is -2.43. The van der Waals surface area contributed by atoms with Gasteiger partial charge < -0.3 is 9.47 Å². The van der Waals surface area contributed by atoms with Crippen LogP contribution in [0.4, 0.5) is 17.6 Å². The maximum absolute atomic E-state index is 13.5. The van der Waals surface area contributed by atoms with Crippen LogP contribution in [0, 0.1) is 11.9 Å². The first kappa shape index (κ1) is 19.5. The molecule has 1 aliphatic rings. The lowest BCUT2D eigenvalue weighted by Gasteiger charge is -2.33. The Morgan fingerprint density at radius 3 is 2.76 bits per heavy atom. The van der Waals surface area contributed by atoms with Gasteiger partial charge in [0.05, 0.1) is 12.0 Å². The van der Waals surface area contributed by atoms with E-state index >= 15 is 0 Å². The summed E-state index contributed by atoms with van der Waals surface area (Å²) >= 11 is 0. The quantitative estimate of drug-likeness (QED) is 0.586. The van der Waals surface area contributed by atoms with Gasteiger partial charge in [-0.3, -0.25) is 4.79 Å². The van der Waals surface area contributed by atoms with Crippen molar-refractivity contribution in [1.82, 2.24) is 9.47 Å². The summed E-state index contributed by atoms with van der Waals surface area (Å²) < 4.78 is 54.4. The molecule has 1 atom stereocenters. The number of carbonyl (C=O) groups excluding carboxylic acids is 1. The highest BCUT2D eigenvalue weighted by Crippen LogP contribution is 2.32. The van der Waals surface area contributed by atoms with E-state index in [0.717, 1.165) is 35.5 Å². The number of halogens is 4. The summed E-state index contributed by atoms with van der Waals surface area (Å²) in [6.45, 7) is 0.610. The number of rotatable bonds is 3. The van der Waals surface area contributed by atoms with E-state index in [1.807, 2.05) is 24.3 Å². The van der Waals surface area contributed by atoms with Crippen molar-refractivity contribution in [2.45, 2.75) is 38.0 Å². The molecule has 1 amide bonds. The summed E-state index contributed by atoms with van der Waals surface area (Å²) in [5.41, 5.74) is 0.951. The SMILES string of the molecule is CN(C(=O)Cc1ccc(F)c(C(F)(F)F)c1)[C@@H]1CCc2[c]c3ccccc3n2C1. The van der Waals surface area contributed by atoms with E-state index in [1.165, 1.54) is 6.07 Å². The Morgan fingerprint density at radius 2 is 2.00 bits per heavy atom. The van der Waals surface area contributed by atoms with Gasteiger partial charge in [-0.15, -0.1) is 0 Å². The number of hydrogen-bond acceptors (Lipinski definition) is 1. The average Bonchev–Trinajstić information content (AvgIpc) is 3.05. The number of aromatic nitrogens is 1. The van der Waals surface area contributed by atoms with Gasteiger partial charge in [0.1, 0.15) is 5.82 Å². The van der Waals surface area contributed by atoms with Crippen LogP contribution >= 0.6 is 0 Å². The van der Waals surface area contributed by atoms with Gasteiger partial charge in [-0.25, -0.2) is 4.39 Å². The van der Waals surface area contributed by atoms with Crippen molar-refractivity contribution in [2.24, 2.45) is 0 Å². The average molecular weight is 403 g/mol. The first-order valence-corrected chi connectivity index (χ1v) is 9.35. The predicted molar refractivity (Wildman–Crippen MR) is 101 cm³/mol. The van der Waals surface area contributed by atoms with Crippen molar-refractivity contribution in [3.63, 3.8) is 0 Å². The normalized spacial score (nSPS) is 16.7. The Hall–Kier alpha value is -2.83. The van der Waals surface area contributed by atoms with E-state index in [1.54, 1.807) is 11.9 Å². The van der Waals surface area contributed by atoms with Gasteiger partial charge in [-0.1, -0.05) is 24.3 Å². The number of amides is 1. The smallest absolute Gasteiger partial charge is 0.342 e. The van der Waals surface area contributed by atoms with Crippen molar-refractivity contribution >= 4 is 16.8 Å². The fourth-order valence-electron chi connectivity index (χ4n) is 3.91. The minimum atomic E-state index is -4.79. The molecule has 0 N–H and O–H groups in total. The molecule has 3 nitrogen and oxygen atoms in total. The van der Waals surface area contributed by atoms with Gasteiger partial charge >= 0.3 is 6.18 Å². The Balaban J connectivity index is 1.50. The molecule has 29 heavy (non-hydrogen) atoms. The third-order valence-electron chi connectivity index (χ3n) is 5.54. The molecule has 0 bridgehead atoms. The largest absolute Gasteiger partial charge is 0.419 e. The number of para-hydroxylation sites is 1. The summed E-state index contributed by atoms with van der Waals surface area (Å²) in [4.78, 5) is 14.3. The zero-order valence-corrected chi connectivity index (χ0v) is 15.8. The molecule has 0 fully saturated rings. The fourth-order valence-corrected chi connectivity index (χ4v) is 3.91. The van der Waals surface area contributed by atoms with Crippen LogP contribution in [0.1, 0.15) is 23.2 Å². The lowest BCUT2D eigenvalue weighted by atomic mass is 10.0. The van der Waals surface area contributed by atoms with E-state index in [-0.39, 0.29) is 23.9 Å². The summed E-state index contributed by atoms with van der Waals surface area (Å²) in [6, 6.07) is 13.9. The number of alkyl halides is 3. The van der Waals surface area contributed by atoms with Gasteiger partial charge in [0, 0.05) is 42.3 Å². The van der Waals surface area contributed by atoms with Crippen LogP contribution in [-0.2, 0) is 30.4 Å². The second-order valence-electron chi connectivity index (χ2n) is 7.39. The second-order valence-corrected chi connectivity index (χ2v) is 7.39. The molecule has 7 heteroatoms. The van der Waals surface area contributed by atoms with Gasteiger partial charge in [0.15, 0.2) is 0 Å². The predicted octanol–water partition coefficient (Wildman–Crippen LogP) is 4.62. The molecule has 0 saturated carbocycles. The Labute approximate surface area is 165 Å². The number of fused-ring (bicyclic) bond motifs is 3. The van der Waals surface area contributed by atoms with Crippen LogP contribution in [0.25, 0.3) is 10.9 Å². The summed E-state index contributed by atoms with van der Waals surface area (Å²) in [5, 5.41) is 1.03. The standard InChI is InChI=1S/C22H19F4N2O/c1-27(21(29)11-14-6-9-19(23)18(10-14)22(24,25)26)17-8-7-16-12-15-4-2-3-5-20(15)28(16)13-17/h2-6,9-10,17H,7-8,11,13H2,1H3/t17-/m1/s1. The van der Waals surface area contributed by atoms with E-state index in [0.29, 0.717) is 12.6 Å². The van der Waals surface area contributed by atoms with Gasteiger partial charge in [0.25, 0.3) is 0 Å². The van der Waals surface area contributed by atoms with Crippen molar-refractivity contribution in [3.8, 4) is 0 Å². The molecular formula is C22H19F4N2O. The van der Waals surface area contributed by atoms with Crippen LogP contribution in [0.5, 0.6) is 0 Å². The molecule has 2 heterocycles. The zero-order valence-electron chi connectivity index (χ0n) is 15.8. The highest BCUT2D eigenvalue weighted by molar-refractivity contribution is 5.81. The van der Waals surface area contributed by atoms with Gasteiger partial charge in [-0.05, 0) is 36.6 Å². The molecule has 151 valence electrons. The summed E-state index contributed by atoms with van der Waals surface area (Å²) in [5.74, 6) is -1.63. The Morgan fingerprint density at radius 1 is 1.24 bits per heavy atom. The van der Waals surface area contributed by atoms with Crippen LogP contribution in [0.15, 0.2) is 42.5 Å². The van der Waals surface area contributed by atoms with E-state index < -0.39 is 17.6 Å². The van der Waals surface area contributed by atoms with Crippen LogP contribution in [0.3, 0.4) is 0 Å². The van der Waals surface area contributed by atoms with Gasteiger partial charge in [-0.2, -0.15) is 13.2 Å². The minimum absolute atomic E-state index is 0.0678. The molecule has 0 saturated heterocycles. The van der Waals surface area contributed by atoms with Crippen molar-refractivity contribution in [3.05, 3.63) is 71.2 Å². The highest BCUT2D eigenvalue weighted by atomic mass is 19.4. The van der Waals surface area contributed by atoms with Crippen molar-refractivity contribution < 1.29 is 22.4 Å². The van der Waals surface area contributed by atoms with Crippen molar-refractivity contribution in [1.29, 1.82) is 0 Å². The number of benzene rings is 2. The van der Waals surface area contributed by atoms with Gasteiger partial charge in [0.2, 0.25) is 5.91 Å². The molecule has 1 aliphatic heterocycles. The maximum atomic E-state index is 13.5. The maximum Gasteiger partial charge on any atom is 0.419 e. The second kappa shape index (κ2) is 7.21.